The summed E-state index contributed by atoms with van der Waals surface area (Å²) < 4.78 is 6.49. The number of hydrogen-bond acceptors (Lipinski definition) is 3. The zero-order chi connectivity index (χ0) is 17.3. The normalized spacial score (nSPS) is 41.3. The monoisotopic (exact) mass is 320 g/mol. The molecule has 23 heavy (non-hydrogen) atoms. The fourth-order valence-electron chi connectivity index (χ4n) is 3.68. The van der Waals surface area contributed by atoms with Gasteiger partial charge in [0.25, 0.3) is 0 Å². The fraction of sp³-hybridized carbons (Fsp3) is 0.750. The highest BCUT2D eigenvalue weighted by Crippen LogP contribution is 2.47. The molecule has 0 unspecified atom stereocenters. The summed E-state index contributed by atoms with van der Waals surface area (Å²) in [6.45, 7) is 10.3. The lowest BCUT2D eigenvalue weighted by Crippen LogP contribution is -2.45. The summed E-state index contributed by atoms with van der Waals surface area (Å²) in [6.07, 6.45) is 8.17. The van der Waals surface area contributed by atoms with E-state index in [0.29, 0.717) is 5.92 Å². The molecule has 0 spiro atoms. The third-order valence-corrected chi connectivity index (χ3v) is 5.84. The molecule has 2 bridgehead atoms. The van der Waals surface area contributed by atoms with Gasteiger partial charge in [0.05, 0.1) is 17.3 Å². The molecule has 0 amide bonds. The number of fused-ring (bicyclic) bond motifs is 2. The Labute approximate surface area is 140 Å². The van der Waals surface area contributed by atoms with Crippen molar-refractivity contribution >= 4 is 5.78 Å². The van der Waals surface area contributed by atoms with Gasteiger partial charge in [-0.2, -0.15) is 0 Å². The smallest absolute Gasteiger partial charge is 0.160 e. The van der Waals surface area contributed by atoms with Gasteiger partial charge in [0, 0.05) is 6.42 Å². The van der Waals surface area contributed by atoms with Crippen molar-refractivity contribution in [3.8, 4) is 0 Å². The molecule has 2 rings (SSSR count). The van der Waals surface area contributed by atoms with Gasteiger partial charge in [-0.25, -0.2) is 0 Å². The minimum Gasteiger partial charge on any atom is -0.390 e. The highest BCUT2D eigenvalue weighted by molar-refractivity contribution is 5.95. The van der Waals surface area contributed by atoms with Crippen LogP contribution in [0.2, 0.25) is 0 Å². The van der Waals surface area contributed by atoms with Crippen LogP contribution >= 0.6 is 0 Å². The van der Waals surface area contributed by atoms with E-state index >= 15 is 0 Å². The van der Waals surface area contributed by atoms with E-state index in [4.69, 9.17) is 4.74 Å². The quantitative estimate of drug-likeness (QED) is 0.731. The minimum atomic E-state index is -0.746. The first kappa shape index (κ1) is 18.4. The number of aliphatic hydroxyl groups is 1. The van der Waals surface area contributed by atoms with E-state index in [1.54, 1.807) is 0 Å². The van der Waals surface area contributed by atoms with Gasteiger partial charge in [0.15, 0.2) is 5.78 Å². The zero-order valence-electron chi connectivity index (χ0n) is 15.3. The Balaban J connectivity index is 2.34. The second kappa shape index (κ2) is 6.90. The van der Waals surface area contributed by atoms with E-state index in [9.17, 15) is 9.90 Å². The van der Waals surface area contributed by atoms with Crippen molar-refractivity contribution in [3.63, 3.8) is 0 Å². The van der Waals surface area contributed by atoms with Crippen molar-refractivity contribution in [1.82, 2.24) is 0 Å². The first-order valence-corrected chi connectivity index (χ1v) is 8.92. The van der Waals surface area contributed by atoms with Crippen LogP contribution in [0.5, 0.6) is 0 Å². The molecule has 2 heterocycles. The van der Waals surface area contributed by atoms with Crippen molar-refractivity contribution in [2.75, 3.05) is 0 Å². The number of ketones is 1. The summed E-state index contributed by atoms with van der Waals surface area (Å²) >= 11 is 0. The molecule has 3 atom stereocenters. The second-order valence-corrected chi connectivity index (χ2v) is 7.96. The van der Waals surface area contributed by atoms with Crippen molar-refractivity contribution in [1.29, 1.82) is 0 Å². The van der Waals surface area contributed by atoms with Crippen LogP contribution in [-0.2, 0) is 9.53 Å². The molecule has 0 saturated carbocycles. The maximum absolute atomic E-state index is 12.3. The predicted octanol–water partition coefficient (Wildman–Crippen LogP) is 4.35. The molecule has 1 N–H and O–H groups in total. The van der Waals surface area contributed by atoms with Crippen LogP contribution in [0.4, 0.5) is 0 Å². The number of hydrogen-bond donors (Lipinski definition) is 1. The van der Waals surface area contributed by atoms with Crippen LogP contribution in [0.25, 0.3) is 0 Å². The first-order chi connectivity index (χ1) is 10.7. The van der Waals surface area contributed by atoms with E-state index < -0.39 is 11.7 Å². The summed E-state index contributed by atoms with van der Waals surface area (Å²) in [7, 11) is 0. The lowest BCUT2D eigenvalue weighted by atomic mass is 9.82. The molecule has 2 aliphatic heterocycles. The molecular formula is C20H32O3. The van der Waals surface area contributed by atoms with Crippen LogP contribution < -0.4 is 0 Å². The van der Waals surface area contributed by atoms with Gasteiger partial charge < -0.3 is 9.84 Å². The molecule has 0 aromatic heterocycles. The van der Waals surface area contributed by atoms with E-state index in [-0.39, 0.29) is 17.8 Å². The highest BCUT2D eigenvalue weighted by atomic mass is 16.5. The van der Waals surface area contributed by atoms with Crippen molar-refractivity contribution in [2.24, 2.45) is 5.92 Å². The van der Waals surface area contributed by atoms with E-state index in [1.807, 2.05) is 19.9 Å². The Bertz CT molecular complexity index is 517. The number of Topliss-reactive ketones (excluding diaryl/α,β-unsaturated/α-hetero) is 1. The third kappa shape index (κ3) is 3.95. The summed E-state index contributed by atoms with van der Waals surface area (Å²) in [5.74, 6) is 0.409. The van der Waals surface area contributed by atoms with Crippen molar-refractivity contribution in [3.05, 3.63) is 23.3 Å². The van der Waals surface area contributed by atoms with Crippen LogP contribution in [-0.4, -0.2) is 28.2 Å². The molecule has 0 aromatic carbocycles. The average molecular weight is 320 g/mol. The van der Waals surface area contributed by atoms with E-state index in [2.05, 4.69) is 26.8 Å². The number of aliphatic hydroxyl groups excluding tert-OH is 1. The molecule has 1 saturated heterocycles. The molecule has 2 aliphatic rings. The van der Waals surface area contributed by atoms with Crippen molar-refractivity contribution < 1.29 is 14.6 Å². The Morgan fingerprint density at radius 2 is 1.96 bits per heavy atom. The Kier molecular flexibility index (Phi) is 5.52. The topological polar surface area (TPSA) is 46.5 Å². The van der Waals surface area contributed by atoms with Gasteiger partial charge in [0.2, 0.25) is 0 Å². The molecule has 0 aromatic rings. The number of rotatable bonds is 1. The second-order valence-electron chi connectivity index (χ2n) is 7.96. The third-order valence-electron chi connectivity index (χ3n) is 5.84. The summed E-state index contributed by atoms with van der Waals surface area (Å²) in [6, 6.07) is 0. The van der Waals surface area contributed by atoms with Gasteiger partial charge in [-0.1, -0.05) is 31.6 Å². The lowest BCUT2D eigenvalue weighted by Gasteiger charge is -2.38. The molecule has 3 heteroatoms. The van der Waals surface area contributed by atoms with E-state index in [1.165, 1.54) is 5.57 Å². The maximum Gasteiger partial charge on any atom is 0.160 e. The Morgan fingerprint density at radius 3 is 2.61 bits per heavy atom. The first-order valence-electron chi connectivity index (χ1n) is 8.92. The molecule has 130 valence electrons. The van der Waals surface area contributed by atoms with Crippen LogP contribution in [0.1, 0.15) is 73.1 Å². The predicted molar refractivity (Wildman–Crippen MR) is 93.3 cm³/mol. The molecule has 1 fully saturated rings. The number of carbonyl (C=O) groups is 1. The summed E-state index contributed by atoms with van der Waals surface area (Å²) in [5.41, 5.74) is 1.25. The summed E-state index contributed by atoms with van der Waals surface area (Å²) in [4.78, 5) is 12.3. The SMILES string of the molecule is C/C1=C\C[C@]2(C(C)C)CC[C@@](C)(O2)[C@@H](O)CC(=O)/C(C)=C/CC1. The highest BCUT2D eigenvalue weighted by Gasteiger charge is 2.51. The van der Waals surface area contributed by atoms with Gasteiger partial charge >= 0.3 is 0 Å². The van der Waals surface area contributed by atoms with Crippen LogP contribution in [0.3, 0.4) is 0 Å². The zero-order valence-corrected chi connectivity index (χ0v) is 15.3. The molecule has 0 radical (unpaired) electrons. The Morgan fingerprint density at radius 1 is 1.26 bits per heavy atom. The number of allylic oxidation sites excluding steroid dienone is 3. The van der Waals surface area contributed by atoms with Gasteiger partial charge in [-0.05, 0) is 64.4 Å². The van der Waals surface area contributed by atoms with Crippen LogP contribution in [0, 0.1) is 5.92 Å². The van der Waals surface area contributed by atoms with Crippen LogP contribution in [0.15, 0.2) is 23.3 Å². The Hall–Kier alpha value is -0.930. The average Bonchev–Trinajstić information content (AvgIpc) is 2.84. The number of carbonyl (C=O) groups excluding carboxylic acids is 1. The molecule has 0 aliphatic carbocycles. The fourth-order valence-corrected chi connectivity index (χ4v) is 3.68. The van der Waals surface area contributed by atoms with Gasteiger partial charge in [-0.3, -0.25) is 4.79 Å². The molecule has 3 nitrogen and oxygen atoms in total. The largest absolute Gasteiger partial charge is 0.390 e. The van der Waals surface area contributed by atoms with Crippen molar-refractivity contribution in [2.45, 2.75) is 90.4 Å². The van der Waals surface area contributed by atoms with E-state index in [0.717, 1.165) is 37.7 Å². The minimum absolute atomic E-state index is 0.0326. The maximum atomic E-state index is 12.3. The lowest BCUT2D eigenvalue weighted by molar-refractivity contribution is -0.164. The van der Waals surface area contributed by atoms with Gasteiger partial charge in [0.1, 0.15) is 0 Å². The van der Waals surface area contributed by atoms with Gasteiger partial charge in [-0.15, -0.1) is 0 Å². The molecular weight excluding hydrogens is 288 g/mol. The summed E-state index contributed by atoms with van der Waals surface area (Å²) in [5, 5.41) is 10.7. The standard InChI is InChI=1S/C20H32O3/c1-14(2)20-10-9-15(3)7-6-8-16(4)17(21)13-18(22)19(5,23-20)11-12-20/h8-9,14,18,22H,6-7,10-13H2,1-5H3/b15-9+,16-8+/t18-,19+,20+/m0/s1. The number of ether oxygens (including phenoxy) is 1.